The second-order valence-corrected chi connectivity index (χ2v) is 8.53. The number of ether oxygens (including phenoxy) is 2. The van der Waals surface area contributed by atoms with Crippen molar-refractivity contribution >= 4 is 5.96 Å². The van der Waals surface area contributed by atoms with E-state index in [9.17, 15) is 0 Å². The number of guanidine groups is 1. The summed E-state index contributed by atoms with van der Waals surface area (Å²) >= 11 is 0. The molecule has 0 radical (unpaired) electrons. The van der Waals surface area contributed by atoms with Gasteiger partial charge in [-0.2, -0.15) is 0 Å². The molecule has 6 nitrogen and oxygen atoms in total. The van der Waals surface area contributed by atoms with E-state index >= 15 is 0 Å². The minimum absolute atomic E-state index is 0.174. The van der Waals surface area contributed by atoms with Gasteiger partial charge in [0, 0.05) is 32.3 Å². The van der Waals surface area contributed by atoms with Crippen LogP contribution in [0.4, 0.5) is 0 Å². The number of morpholine rings is 1. The van der Waals surface area contributed by atoms with Gasteiger partial charge < -0.3 is 24.6 Å². The lowest BCUT2D eigenvalue weighted by atomic mass is 9.83. The van der Waals surface area contributed by atoms with Gasteiger partial charge in [-0.25, -0.2) is 0 Å². The maximum atomic E-state index is 6.02. The number of likely N-dealkylation sites (N-methyl/N-ethyl adjacent to an activating group) is 1. The molecule has 1 saturated carbocycles. The molecule has 3 atom stereocenters. The Morgan fingerprint density at radius 3 is 2.52 bits per heavy atom. The molecule has 1 aliphatic carbocycles. The second kappa shape index (κ2) is 10.6. The van der Waals surface area contributed by atoms with Gasteiger partial charge in [0.15, 0.2) is 5.96 Å². The molecule has 0 amide bonds. The average Bonchev–Trinajstić information content (AvgIpc) is 3.23. The van der Waals surface area contributed by atoms with Crippen molar-refractivity contribution in [3.63, 3.8) is 0 Å². The Hall–Kier alpha value is -0.850. The summed E-state index contributed by atoms with van der Waals surface area (Å²) in [5.41, 5.74) is 0. The SMILES string of the molecule is CCNC(=NCC(C1CCCCC1)N(C)C)N1CCOC(C2CCCO2)C1. The van der Waals surface area contributed by atoms with Crippen molar-refractivity contribution in [2.75, 3.05) is 53.5 Å². The number of nitrogens with zero attached hydrogens (tertiary/aromatic N) is 3. The third-order valence-electron chi connectivity index (χ3n) is 6.39. The van der Waals surface area contributed by atoms with Crippen LogP contribution < -0.4 is 5.32 Å². The lowest BCUT2D eigenvalue weighted by Gasteiger charge is -2.38. The van der Waals surface area contributed by atoms with Crippen molar-refractivity contribution in [1.29, 1.82) is 0 Å². The average molecular weight is 381 g/mol. The van der Waals surface area contributed by atoms with Gasteiger partial charge in [0.2, 0.25) is 0 Å². The van der Waals surface area contributed by atoms with Crippen LogP contribution in [0.15, 0.2) is 4.99 Å². The summed E-state index contributed by atoms with van der Waals surface area (Å²) in [7, 11) is 4.42. The van der Waals surface area contributed by atoms with E-state index in [1.165, 1.54) is 32.1 Å². The largest absolute Gasteiger partial charge is 0.375 e. The maximum Gasteiger partial charge on any atom is 0.194 e. The molecular formula is C21H40N4O2. The highest BCUT2D eigenvalue weighted by Gasteiger charge is 2.32. The molecular weight excluding hydrogens is 340 g/mol. The highest BCUT2D eigenvalue weighted by molar-refractivity contribution is 5.80. The van der Waals surface area contributed by atoms with Crippen LogP contribution in [-0.4, -0.2) is 87.5 Å². The van der Waals surface area contributed by atoms with Gasteiger partial charge in [0.05, 0.1) is 19.3 Å². The molecule has 1 N–H and O–H groups in total. The molecule has 6 heteroatoms. The van der Waals surface area contributed by atoms with Gasteiger partial charge >= 0.3 is 0 Å². The van der Waals surface area contributed by atoms with E-state index in [0.29, 0.717) is 6.04 Å². The molecule has 0 spiro atoms. The molecule has 3 rings (SSSR count). The fourth-order valence-corrected chi connectivity index (χ4v) is 4.85. The van der Waals surface area contributed by atoms with Gasteiger partial charge in [0.25, 0.3) is 0 Å². The van der Waals surface area contributed by atoms with Crippen molar-refractivity contribution in [2.24, 2.45) is 10.9 Å². The topological polar surface area (TPSA) is 49.3 Å². The minimum atomic E-state index is 0.174. The van der Waals surface area contributed by atoms with Crippen molar-refractivity contribution in [2.45, 2.75) is 70.1 Å². The van der Waals surface area contributed by atoms with Crippen LogP contribution >= 0.6 is 0 Å². The Morgan fingerprint density at radius 2 is 1.85 bits per heavy atom. The van der Waals surface area contributed by atoms with E-state index in [4.69, 9.17) is 14.5 Å². The standard InChI is InChI=1S/C21H40N4O2/c1-4-22-21(23-15-18(24(2)3)17-9-6-5-7-10-17)25-12-14-27-20(16-25)19-11-8-13-26-19/h17-20H,4-16H2,1-3H3,(H,22,23). The zero-order valence-corrected chi connectivity index (χ0v) is 17.7. The molecule has 27 heavy (non-hydrogen) atoms. The number of hydrogen-bond donors (Lipinski definition) is 1. The zero-order valence-electron chi connectivity index (χ0n) is 17.7. The third-order valence-corrected chi connectivity index (χ3v) is 6.39. The van der Waals surface area contributed by atoms with Crippen molar-refractivity contribution in [1.82, 2.24) is 15.1 Å². The van der Waals surface area contributed by atoms with Crippen LogP contribution in [0.25, 0.3) is 0 Å². The fraction of sp³-hybridized carbons (Fsp3) is 0.952. The fourth-order valence-electron chi connectivity index (χ4n) is 4.85. The van der Waals surface area contributed by atoms with Crippen LogP contribution in [0.3, 0.4) is 0 Å². The Kier molecular flexibility index (Phi) is 8.22. The molecule has 2 aliphatic heterocycles. The summed E-state index contributed by atoms with van der Waals surface area (Å²) in [6, 6.07) is 0.536. The predicted octanol–water partition coefficient (Wildman–Crippen LogP) is 2.34. The molecule has 0 aromatic rings. The quantitative estimate of drug-likeness (QED) is 0.566. The van der Waals surface area contributed by atoms with Gasteiger partial charge in [-0.15, -0.1) is 0 Å². The van der Waals surface area contributed by atoms with E-state index < -0.39 is 0 Å². The number of aliphatic imine (C=N–C) groups is 1. The van der Waals surface area contributed by atoms with Gasteiger partial charge in [0.1, 0.15) is 6.10 Å². The molecule has 0 bridgehead atoms. The Bertz CT molecular complexity index is 459. The van der Waals surface area contributed by atoms with Crippen LogP contribution in [0, 0.1) is 5.92 Å². The molecule has 2 heterocycles. The first-order chi connectivity index (χ1) is 13.2. The zero-order chi connectivity index (χ0) is 19.1. The van der Waals surface area contributed by atoms with Crippen LogP contribution in [-0.2, 0) is 9.47 Å². The molecule has 0 aromatic heterocycles. The monoisotopic (exact) mass is 380 g/mol. The lowest BCUT2D eigenvalue weighted by Crippen LogP contribution is -2.53. The van der Waals surface area contributed by atoms with Crippen LogP contribution in [0.1, 0.15) is 51.9 Å². The molecule has 2 saturated heterocycles. The number of rotatable bonds is 6. The van der Waals surface area contributed by atoms with Crippen molar-refractivity contribution in [3.05, 3.63) is 0 Å². The summed E-state index contributed by atoms with van der Waals surface area (Å²) < 4.78 is 11.9. The lowest BCUT2D eigenvalue weighted by molar-refractivity contribution is -0.0817. The van der Waals surface area contributed by atoms with E-state index in [-0.39, 0.29) is 12.2 Å². The molecule has 3 aliphatic rings. The first kappa shape index (κ1) is 20.9. The number of nitrogens with one attached hydrogen (secondary N) is 1. The van der Waals surface area contributed by atoms with E-state index in [2.05, 4.69) is 36.1 Å². The second-order valence-electron chi connectivity index (χ2n) is 8.53. The Balaban J connectivity index is 1.63. The maximum absolute atomic E-state index is 6.02. The molecule has 0 aromatic carbocycles. The highest BCUT2D eigenvalue weighted by atomic mass is 16.5. The van der Waals surface area contributed by atoms with Crippen molar-refractivity contribution in [3.8, 4) is 0 Å². The van der Waals surface area contributed by atoms with E-state index in [1.807, 2.05) is 0 Å². The minimum Gasteiger partial charge on any atom is -0.375 e. The van der Waals surface area contributed by atoms with Gasteiger partial charge in [-0.05, 0) is 52.6 Å². The summed E-state index contributed by atoms with van der Waals surface area (Å²) in [6.45, 7) is 7.35. The smallest absolute Gasteiger partial charge is 0.194 e. The van der Waals surface area contributed by atoms with Crippen molar-refractivity contribution < 1.29 is 9.47 Å². The highest BCUT2D eigenvalue weighted by Crippen LogP contribution is 2.28. The van der Waals surface area contributed by atoms with E-state index in [0.717, 1.165) is 64.1 Å². The molecule has 156 valence electrons. The predicted molar refractivity (Wildman–Crippen MR) is 110 cm³/mol. The first-order valence-corrected chi connectivity index (χ1v) is 11.1. The van der Waals surface area contributed by atoms with E-state index in [1.54, 1.807) is 0 Å². The third kappa shape index (κ3) is 5.81. The summed E-state index contributed by atoms with van der Waals surface area (Å²) in [5, 5.41) is 3.52. The Labute approximate surface area is 165 Å². The van der Waals surface area contributed by atoms with Crippen LogP contribution in [0.5, 0.6) is 0 Å². The number of hydrogen-bond acceptors (Lipinski definition) is 4. The van der Waals surface area contributed by atoms with Crippen LogP contribution in [0.2, 0.25) is 0 Å². The summed E-state index contributed by atoms with van der Waals surface area (Å²) in [4.78, 5) is 9.86. The Morgan fingerprint density at radius 1 is 1.07 bits per heavy atom. The van der Waals surface area contributed by atoms with Gasteiger partial charge in [-0.3, -0.25) is 4.99 Å². The van der Waals surface area contributed by atoms with Gasteiger partial charge in [-0.1, -0.05) is 19.3 Å². The first-order valence-electron chi connectivity index (χ1n) is 11.1. The summed E-state index contributed by atoms with van der Waals surface area (Å²) in [5.74, 6) is 1.83. The molecule has 3 unspecified atom stereocenters. The normalized spacial score (nSPS) is 29.3. The molecule has 3 fully saturated rings. The summed E-state index contributed by atoms with van der Waals surface area (Å²) in [6.07, 6.45) is 9.58.